The first-order chi connectivity index (χ1) is 6.81. The lowest BCUT2D eigenvalue weighted by Crippen LogP contribution is -1.99. The van der Waals surface area contributed by atoms with Crippen molar-refractivity contribution in [2.45, 2.75) is 12.8 Å². The van der Waals surface area contributed by atoms with Crippen LogP contribution in [-0.2, 0) is 6.42 Å². The second-order valence-corrected chi connectivity index (χ2v) is 3.60. The Kier molecular flexibility index (Phi) is 2.70. The highest BCUT2D eigenvalue weighted by molar-refractivity contribution is 6.31. The molecule has 1 aromatic carbocycles. The summed E-state index contributed by atoms with van der Waals surface area (Å²) < 4.78 is 5.21. The second kappa shape index (κ2) is 3.98. The molecule has 0 atom stereocenters. The zero-order valence-electron chi connectivity index (χ0n) is 7.66. The normalized spacial score (nSPS) is 11.0. The molecule has 0 unspecified atom stereocenters. The molecule has 0 saturated heterocycles. The lowest BCUT2D eigenvalue weighted by Gasteiger charge is -1.94. The first-order valence-corrected chi connectivity index (χ1v) is 4.93. The second-order valence-electron chi connectivity index (χ2n) is 3.16. The van der Waals surface area contributed by atoms with Crippen molar-refractivity contribution in [3.63, 3.8) is 0 Å². The topological polar surface area (TPSA) is 52.0 Å². The van der Waals surface area contributed by atoms with Gasteiger partial charge in [0.2, 0.25) is 0 Å². The number of nitrogens with zero attached hydrogens (tertiary/aromatic N) is 1. The zero-order valence-corrected chi connectivity index (χ0v) is 8.42. The molecule has 14 heavy (non-hydrogen) atoms. The number of aromatic nitrogens is 1. The number of nitrogens with two attached hydrogens (primary N) is 1. The lowest BCUT2D eigenvalue weighted by atomic mass is 10.1. The van der Waals surface area contributed by atoms with Crippen LogP contribution in [0.3, 0.4) is 0 Å². The molecule has 0 fully saturated rings. The Bertz CT molecular complexity index is 439. The van der Waals surface area contributed by atoms with Crippen LogP contribution >= 0.6 is 11.6 Å². The minimum absolute atomic E-state index is 0.656. The number of rotatable bonds is 3. The summed E-state index contributed by atoms with van der Waals surface area (Å²) in [5, 5.41) is 5.63. The summed E-state index contributed by atoms with van der Waals surface area (Å²) in [4.78, 5) is 0. The van der Waals surface area contributed by atoms with Gasteiger partial charge in [0.15, 0.2) is 0 Å². The van der Waals surface area contributed by atoms with E-state index in [0.717, 1.165) is 29.5 Å². The Labute approximate surface area is 86.8 Å². The summed E-state index contributed by atoms with van der Waals surface area (Å²) in [6.07, 6.45) is 1.71. The van der Waals surface area contributed by atoms with Crippen molar-refractivity contribution in [1.29, 1.82) is 0 Å². The third-order valence-electron chi connectivity index (χ3n) is 2.12. The largest absolute Gasteiger partial charge is 0.360 e. The fourth-order valence-electron chi connectivity index (χ4n) is 1.41. The summed E-state index contributed by atoms with van der Waals surface area (Å²) >= 11 is 5.89. The molecule has 4 heteroatoms. The lowest BCUT2D eigenvalue weighted by molar-refractivity contribution is 0.389. The molecular weight excluding hydrogens is 200 g/mol. The highest BCUT2D eigenvalue weighted by Gasteiger charge is 2.07. The fourth-order valence-corrected chi connectivity index (χ4v) is 1.58. The Balaban J connectivity index is 2.40. The number of fused-ring (bicyclic) bond motifs is 1. The molecule has 0 radical (unpaired) electrons. The van der Waals surface area contributed by atoms with E-state index in [1.54, 1.807) is 6.07 Å². The first kappa shape index (κ1) is 9.49. The van der Waals surface area contributed by atoms with Crippen LogP contribution in [0, 0.1) is 0 Å². The molecular formula is C10H11ClN2O. The quantitative estimate of drug-likeness (QED) is 0.846. The third-order valence-corrected chi connectivity index (χ3v) is 2.36. The van der Waals surface area contributed by atoms with Gasteiger partial charge in [-0.15, -0.1) is 0 Å². The van der Waals surface area contributed by atoms with E-state index in [-0.39, 0.29) is 0 Å². The number of benzene rings is 1. The standard InChI is InChI=1S/C10H11ClN2O/c11-7-3-4-9-8(6-7)10(14-13-9)2-1-5-12/h3-4,6H,1-2,5,12H2. The maximum Gasteiger partial charge on any atom is 0.144 e. The molecule has 0 aliphatic carbocycles. The van der Waals surface area contributed by atoms with E-state index < -0.39 is 0 Å². The third kappa shape index (κ3) is 1.74. The van der Waals surface area contributed by atoms with Gasteiger partial charge in [-0.1, -0.05) is 16.8 Å². The number of hydrogen-bond acceptors (Lipinski definition) is 3. The van der Waals surface area contributed by atoms with Crippen LogP contribution in [0.5, 0.6) is 0 Å². The van der Waals surface area contributed by atoms with Gasteiger partial charge in [-0.25, -0.2) is 0 Å². The zero-order chi connectivity index (χ0) is 9.97. The minimum Gasteiger partial charge on any atom is -0.360 e. The van der Waals surface area contributed by atoms with Crippen LogP contribution < -0.4 is 5.73 Å². The highest BCUT2D eigenvalue weighted by atomic mass is 35.5. The van der Waals surface area contributed by atoms with Gasteiger partial charge in [-0.05, 0) is 31.2 Å². The molecule has 0 saturated carbocycles. The van der Waals surface area contributed by atoms with E-state index in [9.17, 15) is 0 Å². The van der Waals surface area contributed by atoms with Crippen molar-refractivity contribution in [1.82, 2.24) is 5.16 Å². The first-order valence-electron chi connectivity index (χ1n) is 4.55. The maximum absolute atomic E-state index is 5.89. The molecule has 3 nitrogen and oxygen atoms in total. The molecule has 1 heterocycles. The van der Waals surface area contributed by atoms with Gasteiger partial charge in [-0.2, -0.15) is 0 Å². The number of hydrogen-bond donors (Lipinski definition) is 1. The Morgan fingerprint density at radius 2 is 2.29 bits per heavy atom. The molecule has 0 aliphatic rings. The van der Waals surface area contributed by atoms with Crippen LogP contribution in [0.2, 0.25) is 5.02 Å². The summed E-state index contributed by atoms with van der Waals surface area (Å²) in [7, 11) is 0. The molecule has 2 aromatic rings. The minimum atomic E-state index is 0.656. The molecule has 0 amide bonds. The fraction of sp³-hybridized carbons (Fsp3) is 0.300. The number of halogens is 1. The van der Waals surface area contributed by atoms with Gasteiger partial charge in [0.05, 0.1) is 0 Å². The van der Waals surface area contributed by atoms with Crippen molar-refractivity contribution >= 4 is 22.5 Å². The summed E-state index contributed by atoms with van der Waals surface area (Å²) in [5.74, 6) is 0.868. The predicted octanol–water partition coefficient (Wildman–Crippen LogP) is 2.37. The SMILES string of the molecule is NCCCc1onc2ccc(Cl)cc12. The molecule has 0 aliphatic heterocycles. The van der Waals surface area contributed by atoms with E-state index in [4.69, 9.17) is 21.9 Å². The van der Waals surface area contributed by atoms with Crippen LogP contribution in [-0.4, -0.2) is 11.7 Å². The molecule has 2 rings (SSSR count). The van der Waals surface area contributed by atoms with Crippen molar-refractivity contribution < 1.29 is 4.52 Å². The maximum atomic E-state index is 5.89. The summed E-state index contributed by atoms with van der Waals surface area (Å²) in [6, 6.07) is 5.53. The van der Waals surface area contributed by atoms with E-state index in [1.807, 2.05) is 12.1 Å². The van der Waals surface area contributed by atoms with Gasteiger partial charge in [-0.3, -0.25) is 0 Å². The van der Waals surface area contributed by atoms with Crippen molar-refractivity contribution in [2.24, 2.45) is 5.73 Å². The Hall–Kier alpha value is -1.06. The van der Waals surface area contributed by atoms with Crippen LogP contribution in [0.1, 0.15) is 12.2 Å². The average molecular weight is 211 g/mol. The van der Waals surface area contributed by atoms with Crippen LogP contribution in [0.4, 0.5) is 0 Å². The molecule has 2 N–H and O–H groups in total. The van der Waals surface area contributed by atoms with E-state index in [0.29, 0.717) is 11.6 Å². The number of aryl methyl sites for hydroxylation is 1. The monoisotopic (exact) mass is 210 g/mol. The van der Waals surface area contributed by atoms with Crippen molar-refractivity contribution in [3.05, 3.63) is 29.0 Å². The Morgan fingerprint density at radius 3 is 3.07 bits per heavy atom. The Morgan fingerprint density at radius 1 is 1.43 bits per heavy atom. The van der Waals surface area contributed by atoms with E-state index in [2.05, 4.69) is 5.16 Å². The summed E-state index contributed by atoms with van der Waals surface area (Å²) in [6.45, 7) is 0.656. The van der Waals surface area contributed by atoms with E-state index >= 15 is 0 Å². The van der Waals surface area contributed by atoms with Crippen molar-refractivity contribution in [2.75, 3.05) is 6.54 Å². The smallest absolute Gasteiger partial charge is 0.144 e. The summed E-state index contributed by atoms with van der Waals surface area (Å²) in [5.41, 5.74) is 6.28. The van der Waals surface area contributed by atoms with Gasteiger partial charge in [0, 0.05) is 16.8 Å². The van der Waals surface area contributed by atoms with Gasteiger partial charge >= 0.3 is 0 Å². The molecule has 74 valence electrons. The van der Waals surface area contributed by atoms with Crippen LogP contribution in [0.15, 0.2) is 22.7 Å². The molecule has 0 bridgehead atoms. The molecule has 1 aromatic heterocycles. The van der Waals surface area contributed by atoms with Crippen molar-refractivity contribution in [3.8, 4) is 0 Å². The van der Waals surface area contributed by atoms with E-state index in [1.165, 1.54) is 0 Å². The molecule has 0 spiro atoms. The highest BCUT2D eigenvalue weighted by Crippen LogP contribution is 2.22. The van der Waals surface area contributed by atoms with Gasteiger partial charge in [0.25, 0.3) is 0 Å². The average Bonchev–Trinajstić information content (AvgIpc) is 2.57. The predicted molar refractivity (Wildman–Crippen MR) is 56.4 cm³/mol. The van der Waals surface area contributed by atoms with Crippen LogP contribution in [0.25, 0.3) is 10.9 Å². The van der Waals surface area contributed by atoms with Gasteiger partial charge in [0.1, 0.15) is 11.3 Å². The van der Waals surface area contributed by atoms with Gasteiger partial charge < -0.3 is 10.3 Å².